The number of carbonyl (C=O) groups excluding carboxylic acids is 1. The fourth-order valence-corrected chi connectivity index (χ4v) is 1.88. The lowest BCUT2D eigenvalue weighted by Crippen LogP contribution is -2.27. The van der Waals surface area contributed by atoms with Crippen molar-refractivity contribution in [2.24, 2.45) is 0 Å². The topological polar surface area (TPSA) is 76.1 Å². The maximum atomic E-state index is 11.8. The van der Waals surface area contributed by atoms with Crippen LogP contribution < -0.4 is 10.6 Å². The third-order valence-electron chi connectivity index (χ3n) is 2.68. The van der Waals surface area contributed by atoms with Gasteiger partial charge in [0, 0.05) is 31.7 Å². The van der Waals surface area contributed by atoms with Gasteiger partial charge >= 0.3 is 0 Å². The molecule has 22 heavy (non-hydrogen) atoms. The van der Waals surface area contributed by atoms with Gasteiger partial charge in [0.1, 0.15) is 0 Å². The Kier molecular flexibility index (Phi) is 5.94. The summed E-state index contributed by atoms with van der Waals surface area (Å²) >= 11 is 11.8. The molecule has 0 aliphatic carbocycles. The number of methoxy groups -OCH3 is 1. The molecule has 0 bridgehead atoms. The Morgan fingerprint density at radius 3 is 2.59 bits per heavy atom. The van der Waals surface area contributed by atoms with Gasteiger partial charge in [-0.25, -0.2) is 9.97 Å². The van der Waals surface area contributed by atoms with Crippen molar-refractivity contribution < 1.29 is 9.53 Å². The molecule has 0 atom stereocenters. The summed E-state index contributed by atoms with van der Waals surface area (Å²) in [7, 11) is 1.57. The van der Waals surface area contributed by atoms with Crippen LogP contribution in [0.25, 0.3) is 0 Å². The highest BCUT2D eigenvalue weighted by Gasteiger charge is 2.07. The van der Waals surface area contributed by atoms with E-state index in [2.05, 4.69) is 20.6 Å². The molecule has 0 spiro atoms. The molecule has 1 heterocycles. The molecule has 116 valence electrons. The number of aromatic nitrogens is 2. The Labute approximate surface area is 137 Å². The van der Waals surface area contributed by atoms with Crippen molar-refractivity contribution in [3.8, 4) is 0 Å². The molecule has 6 nitrogen and oxygen atoms in total. The molecule has 0 unspecified atom stereocenters. The van der Waals surface area contributed by atoms with E-state index >= 15 is 0 Å². The predicted molar refractivity (Wildman–Crippen MR) is 86.0 cm³/mol. The number of hydrogen-bond donors (Lipinski definition) is 2. The fourth-order valence-electron chi connectivity index (χ4n) is 1.58. The van der Waals surface area contributed by atoms with Crippen LogP contribution in [-0.4, -0.2) is 36.1 Å². The minimum Gasteiger partial charge on any atom is -0.383 e. The number of halogens is 2. The van der Waals surface area contributed by atoms with Gasteiger partial charge in [-0.05, 0) is 18.2 Å². The molecule has 1 aromatic carbocycles. The Morgan fingerprint density at radius 1 is 1.23 bits per heavy atom. The van der Waals surface area contributed by atoms with E-state index in [0.29, 0.717) is 40.4 Å². The van der Waals surface area contributed by atoms with Crippen molar-refractivity contribution in [3.05, 3.63) is 46.2 Å². The number of nitrogens with one attached hydrogen (secondary N) is 2. The standard InChI is InChI=1S/C14H14Cl2N4O2/c1-22-5-4-17-13(21)9-7-18-14(19-8-9)20-10-2-3-11(15)12(16)6-10/h2-3,6-8H,4-5H2,1H3,(H,17,21)(H,18,19,20). The first kappa shape index (κ1) is 16.5. The lowest BCUT2D eigenvalue weighted by Gasteiger charge is -2.07. The van der Waals surface area contributed by atoms with Gasteiger partial charge < -0.3 is 15.4 Å². The summed E-state index contributed by atoms with van der Waals surface area (Å²) in [6.07, 6.45) is 2.88. The van der Waals surface area contributed by atoms with Crippen LogP contribution in [0.5, 0.6) is 0 Å². The van der Waals surface area contributed by atoms with Crippen LogP contribution >= 0.6 is 23.2 Å². The van der Waals surface area contributed by atoms with Crippen molar-refractivity contribution in [3.63, 3.8) is 0 Å². The second-order valence-corrected chi connectivity index (χ2v) is 5.11. The second-order valence-electron chi connectivity index (χ2n) is 4.30. The van der Waals surface area contributed by atoms with Gasteiger partial charge in [-0.1, -0.05) is 23.2 Å². The highest BCUT2D eigenvalue weighted by molar-refractivity contribution is 6.42. The van der Waals surface area contributed by atoms with Crippen molar-refractivity contribution in [1.29, 1.82) is 0 Å². The van der Waals surface area contributed by atoms with Crippen LogP contribution in [0.4, 0.5) is 11.6 Å². The molecule has 1 aromatic heterocycles. The number of ether oxygens (including phenoxy) is 1. The average molecular weight is 341 g/mol. The van der Waals surface area contributed by atoms with Crippen LogP contribution in [-0.2, 0) is 4.74 Å². The minimum absolute atomic E-state index is 0.252. The van der Waals surface area contributed by atoms with E-state index in [-0.39, 0.29) is 5.91 Å². The SMILES string of the molecule is COCCNC(=O)c1cnc(Nc2ccc(Cl)c(Cl)c2)nc1. The van der Waals surface area contributed by atoms with Gasteiger partial charge in [-0.15, -0.1) is 0 Å². The summed E-state index contributed by atoms with van der Waals surface area (Å²) in [4.78, 5) is 19.9. The molecule has 0 saturated carbocycles. The smallest absolute Gasteiger partial charge is 0.254 e. The first-order valence-corrected chi connectivity index (χ1v) is 7.17. The molecule has 2 aromatic rings. The van der Waals surface area contributed by atoms with Gasteiger partial charge in [-0.3, -0.25) is 4.79 Å². The molecule has 1 amide bonds. The van der Waals surface area contributed by atoms with Crippen LogP contribution in [0.3, 0.4) is 0 Å². The number of nitrogens with zero attached hydrogens (tertiary/aromatic N) is 2. The van der Waals surface area contributed by atoms with Gasteiger partial charge in [0.05, 0.1) is 22.2 Å². The number of hydrogen-bond acceptors (Lipinski definition) is 5. The average Bonchev–Trinajstić information content (AvgIpc) is 2.52. The molecule has 0 aliphatic rings. The van der Waals surface area contributed by atoms with E-state index in [1.165, 1.54) is 12.4 Å². The van der Waals surface area contributed by atoms with Crippen molar-refractivity contribution in [1.82, 2.24) is 15.3 Å². The Morgan fingerprint density at radius 2 is 1.95 bits per heavy atom. The maximum Gasteiger partial charge on any atom is 0.254 e. The third kappa shape index (κ3) is 4.56. The van der Waals surface area contributed by atoms with Gasteiger partial charge in [0.2, 0.25) is 5.95 Å². The summed E-state index contributed by atoms with van der Waals surface area (Å²) in [6, 6.07) is 5.09. The van der Waals surface area contributed by atoms with Gasteiger partial charge in [0.25, 0.3) is 5.91 Å². The van der Waals surface area contributed by atoms with Crippen LogP contribution in [0.2, 0.25) is 10.0 Å². The fraction of sp³-hybridized carbons (Fsp3) is 0.214. The highest BCUT2D eigenvalue weighted by atomic mass is 35.5. The zero-order chi connectivity index (χ0) is 15.9. The van der Waals surface area contributed by atoms with Crippen LogP contribution in [0.15, 0.2) is 30.6 Å². The molecule has 8 heteroatoms. The number of benzene rings is 1. The second kappa shape index (κ2) is 7.93. The molecular formula is C14H14Cl2N4O2. The van der Waals surface area contributed by atoms with E-state index in [1.54, 1.807) is 25.3 Å². The first-order valence-electron chi connectivity index (χ1n) is 6.41. The Balaban J connectivity index is 1.99. The van der Waals surface area contributed by atoms with E-state index in [1.807, 2.05) is 0 Å². The summed E-state index contributed by atoms with van der Waals surface area (Å²) in [5.74, 6) is 0.102. The van der Waals surface area contributed by atoms with Crippen molar-refractivity contribution in [2.45, 2.75) is 0 Å². The summed E-state index contributed by atoms with van der Waals surface area (Å²) < 4.78 is 4.86. The third-order valence-corrected chi connectivity index (χ3v) is 3.42. The first-order chi connectivity index (χ1) is 10.6. The zero-order valence-electron chi connectivity index (χ0n) is 11.8. The summed E-state index contributed by atoms with van der Waals surface area (Å²) in [5.41, 5.74) is 1.07. The van der Waals surface area contributed by atoms with E-state index < -0.39 is 0 Å². The summed E-state index contributed by atoms with van der Waals surface area (Å²) in [6.45, 7) is 0.877. The zero-order valence-corrected chi connectivity index (χ0v) is 13.3. The normalized spacial score (nSPS) is 10.3. The van der Waals surface area contributed by atoms with Crippen molar-refractivity contribution in [2.75, 3.05) is 25.6 Å². The van der Waals surface area contributed by atoms with Crippen molar-refractivity contribution >= 4 is 40.7 Å². The number of amides is 1. The quantitative estimate of drug-likeness (QED) is 0.790. The van der Waals surface area contributed by atoms with Gasteiger partial charge in [-0.2, -0.15) is 0 Å². The minimum atomic E-state index is -0.252. The molecular weight excluding hydrogens is 327 g/mol. The molecule has 0 fully saturated rings. The molecule has 0 saturated heterocycles. The van der Waals surface area contributed by atoms with E-state index in [0.717, 1.165) is 0 Å². The molecule has 0 aliphatic heterocycles. The van der Waals surface area contributed by atoms with Crippen LogP contribution in [0, 0.1) is 0 Å². The van der Waals surface area contributed by atoms with E-state index in [4.69, 9.17) is 27.9 Å². The lowest BCUT2D eigenvalue weighted by molar-refractivity contribution is 0.0936. The Bertz CT molecular complexity index is 650. The summed E-state index contributed by atoms with van der Waals surface area (Å²) in [5, 5.41) is 6.56. The van der Waals surface area contributed by atoms with Gasteiger partial charge in [0.15, 0.2) is 0 Å². The molecule has 2 rings (SSSR count). The Hall–Kier alpha value is -1.89. The largest absolute Gasteiger partial charge is 0.383 e. The predicted octanol–water partition coefficient (Wildman–Crippen LogP) is 2.90. The number of carbonyl (C=O) groups is 1. The van der Waals surface area contributed by atoms with E-state index in [9.17, 15) is 4.79 Å². The lowest BCUT2D eigenvalue weighted by atomic mass is 10.3. The number of anilines is 2. The van der Waals surface area contributed by atoms with Crippen LogP contribution in [0.1, 0.15) is 10.4 Å². The molecule has 0 radical (unpaired) electrons. The number of rotatable bonds is 6. The molecule has 2 N–H and O–H groups in total. The monoisotopic (exact) mass is 340 g/mol. The maximum absolute atomic E-state index is 11.8. The highest BCUT2D eigenvalue weighted by Crippen LogP contribution is 2.26.